The zero-order valence-electron chi connectivity index (χ0n) is 36.8. The predicted octanol–water partition coefficient (Wildman–Crippen LogP) is 7.24. The number of likely N-dealkylation sites (tertiary alicyclic amines) is 1. The van der Waals surface area contributed by atoms with E-state index in [1.807, 2.05) is 48.2 Å². The molecular weight excluding hydrogens is 853 g/mol. The predicted molar refractivity (Wildman–Crippen MR) is 238 cm³/mol. The number of halogens is 2. The van der Waals surface area contributed by atoms with Crippen molar-refractivity contribution in [2.45, 2.75) is 57.5 Å². The fraction of sp³-hybridized carbons (Fsp3) is 0.396. The summed E-state index contributed by atoms with van der Waals surface area (Å²) >= 11 is 0. The van der Waals surface area contributed by atoms with Crippen LogP contribution in [0.3, 0.4) is 0 Å². The van der Waals surface area contributed by atoms with Crippen LogP contribution >= 0.6 is 0 Å². The number of methoxy groups -OCH3 is 1. The van der Waals surface area contributed by atoms with Gasteiger partial charge in [-0.15, -0.1) is 0 Å². The van der Waals surface area contributed by atoms with Crippen LogP contribution in [0.5, 0.6) is 23.0 Å². The maximum absolute atomic E-state index is 16.0. The Morgan fingerprint density at radius 3 is 2.38 bits per heavy atom. The zero-order valence-corrected chi connectivity index (χ0v) is 36.8. The largest absolute Gasteiger partial charge is 0.493 e. The minimum Gasteiger partial charge on any atom is -0.493 e. The average Bonchev–Trinajstić information content (AvgIpc) is 3.76. The summed E-state index contributed by atoms with van der Waals surface area (Å²) in [5, 5.41) is 17.3. The summed E-state index contributed by atoms with van der Waals surface area (Å²) in [4.78, 5) is 62.6. The Bertz CT molecular complexity index is 2750. The van der Waals surface area contributed by atoms with Gasteiger partial charge in [-0.1, -0.05) is 18.2 Å². The molecular formula is C48H49F2N9O7. The second-order valence-corrected chi connectivity index (χ2v) is 17.1. The van der Waals surface area contributed by atoms with E-state index >= 15 is 8.78 Å². The maximum atomic E-state index is 16.0. The first kappa shape index (κ1) is 44.1. The van der Waals surface area contributed by atoms with Crippen molar-refractivity contribution in [2.24, 2.45) is 18.9 Å². The number of pyridine rings is 1. The van der Waals surface area contributed by atoms with E-state index < -0.39 is 35.7 Å². The smallest absolute Gasteiger partial charge is 0.329 e. The molecule has 5 amide bonds. The van der Waals surface area contributed by atoms with Gasteiger partial charge in [0.05, 0.1) is 55.4 Å². The van der Waals surface area contributed by atoms with Gasteiger partial charge in [-0.25, -0.2) is 18.6 Å². The monoisotopic (exact) mass is 901 g/mol. The highest BCUT2D eigenvalue weighted by atomic mass is 19.3. The number of rotatable bonds is 13. The van der Waals surface area contributed by atoms with Crippen LogP contribution in [-0.2, 0) is 18.4 Å². The van der Waals surface area contributed by atoms with E-state index in [0.29, 0.717) is 92.2 Å². The van der Waals surface area contributed by atoms with E-state index in [-0.39, 0.29) is 48.9 Å². The lowest BCUT2D eigenvalue weighted by molar-refractivity contribution is -0.133. The number of alkyl halides is 2. The van der Waals surface area contributed by atoms with E-state index in [4.69, 9.17) is 14.2 Å². The Morgan fingerprint density at radius 2 is 1.67 bits per heavy atom. The molecule has 6 heterocycles. The van der Waals surface area contributed by atoms with Crippen molar-refractivity contribution < 1.29 is 42.2 Å². The summed E-state index contributed by atoms with van der Waals surface area (Å²) in [6.07, 6.45) is 2.90. The van der Waals surface area contributed by atoms with Crippen molar-refractivity contribution in [1.29, 1.82) is 5.26 Å². The Morgan fingerprint density at radius 1 is 0.909 bits per heavy atom. The number of urea groups is 1. The van der Waals surface area contributed by atoms with Gasteiger partial charge in [0, 0.05) is 63.2 Å². The van der Waals surface area contributed by atoms with Crippen LogP contribution in [0.1, 0.15) is 76.9 Å². The molecule has 3 fully saturated rings. The van der Waals surface area contributed by atoms with Crippen LogP contribution in [0, 0.1) is 23.2 Å². The molecule has 9 rings (SSSR count). The number of hydrogen-bond donors (Lipinski definition) is 1. The molecule has 1 N–H and O–H groups in total. The molecule has 4 aliphatic rings. The summed E-state index contributed by atoms with van der Waals surface area (Å²) in [7, 11) is 3.28. The lowest BCUT2D eigenvalue weighted by Gasteiger charge is -2.44. The van der Waals surface area contributed by atoms with E-state index in [1.165, 1.54) is 18.2 Å². The van der Waals surface area contributed by atoms with Crippen LogP contribution in [0.4, 0.5) is 25.2 Å². The molecule has 0 bridgehead atoms. The van der Waals surface area contributed by atoms with Crippen molar-refractivity contribution in [1.82, 2.24) is 29.9 Å². The standard InChI is InChI=1S/C48H49F2N9O7/c1-4-65-41-23-31(7-12-40(41)64-3)38(13-18-51)59-45(61)35-25-42(52-26-36(35)46(59)62)57-20-14-30(15-21-57)37-16-19-56(28-48(37,49)50)27-29-5-8-32(9-6-29)66-33-10-11-34-39(24-33)55(2)54-44(34)58-22-17-43(60)53-47(58)63/h5-12,23-26,30,37-38H,4,13-17,19-22,27-28H2,1-3H3,(H,53,60,63)/t37-,38-/m1/s1. The SMILES string of the molecule is CCOc1cc([C@@H](CC#N)N2C(=O)c3cnc(N4CCC([C@H]5CCN(Cc6ccc(Oc7ccc8c(N9CCC(=O)NC9=O)nn(C)c8c7)cc6)CC5(F)F)CC4)cc3C2=O)ccc1OC. The topological polar surface area (TPSA) is 175 Å². The van der Waals surface area contributed by atoms with Crippen LogP contribution < -0.4 is 29.3 Å². The Balaban J connectivity index is 0.786. The summed E-state index contributed by atoms with van der Waals surface area (Å²) < 4.78 is 50.9. The van der Waals surface area contributed by atoms with Crippen molar-refractivity contribution in [3.8, 4) is 29.1 Å². The van der Waals surface area contributed by atoms with Crippen molar-refractivity contribution in [3.63, 3.8) is 0 Å². The number of carbonyl (C=O) groups excluding carboxylic acids is 4. The van der Waals surface area contributed by atoms with Crippen LogP contribution in [0.25, 0.3) is 10.9 Å². The molecule has 2 atom stereocenters. The first-order chi connectivity index (χ1) is 31.8. The number of anilines is 2. The third kappa shape index (κ3) is 8.46. The minimum absolute atomic E-state index is 0.130. The second-order valence-electron chi connectivity index (χ2n) is 17.1. The van der Waals surface area contributed by atoms with Gasteiger partial charge in [0.2, 0.25) is 5.91 Å². The van der Waals surface area contributed by atoms with E-state index in [0.717, 1.165) is 21.4 Å². The quantitative estimate of drug-likeness (QED) is 0.118. The normalized spacial score (nSPS) is 19.5. The first-order valence-electron chi connectivity index (χ1n) is 22.1. The number of hydrogen-bond acceptors (Lipinski definition) is 12. The Hall–Kier alpha value is -7.13. The maximum Gasteiger partial charge on any atom is 0.329 e. The van der Waals surface area contributed by atoms with E-state index in [2.05, 4.69) is 21.5 Å². The molecule has 0 saturated carbocycles. The van der Waals surface area contributed by atoms with Gasteiger partial charge >= 0.3 is 6.03 Å². The molecule has 0 aliphatic carbocycles. The van der Waals surface area contributed by atoms with Gasteiger partial charge in [0.1, 0.15) is 17.3 Å². The Labute approximate surface area is 379 Å². The summed E-state index contributed by atoms with van der Waals surface area (Å²) in [6.45, 7) is 3.96. The van der Waals surface area contributed by atoms with Crippen LogP contribution in [0.15, 0.2) is 72.9 Å². The molecule has 342 valence electrons. The Kier molecular flexibility index (Phi) is 12.0. The van der Waals surface area contributed by atoms with E-state index in [1.54, 1.807) is 47.0 Å². The second kappa shape index (κ2) is 18.0. The molecule has 16 nitrogen and oxygen atoms in total. The number of ether oxygens (including phenoxy) is 3. The van der Waals surface area contributed by atoms with Crippen molar-refractivity contribution >= 4 is 46.3 Å². The number of carbonyl (C=O) groups is 4. The molecule has 3 aromatic carbocycles. The number of piperidine rings is 2. The number of fused-ring (bicyclic) bond motifs is 2. The third-order valence-electron chi connectivity index (χ3n) is 13.1. The summed E-state index contributed by atoms with van der Waals surface area (Å²) in [5.41, 5.74) is 2.52. The number of benzene rings is 3. The molecule has 3 saturated heterocycles. The molecule has 66 heavy (non-hydrogen) atoms. The molecule has 5 aromatic rings. The zero-order chi connectivity index (χ0) is 46.3. The number of aromatic nitrogens is 3. The highest BCUT2D eigenvalue weighted by molar-refractivity contribution is 6.21. The number of amides is 5. The van der Waals surface area contributed by atoms with Gasteiger partial charge in [0.25, 0.3) is 17.7 Å². The first-order valence-corrected chi connectivity index (χ1v) is 22.1. The summed E-state index contributed by atoms with van der Waals surface area (Å²) in [5.74, 6) is -2.21. The van der Waals surface area contributed by atoms with Crippen LogP contribution in [0.2, 0.25) is 0 Å². The van der Waals surface area contributed by atoms with Crippen molar-refractivity contribution in [2.75, 3.05) is 56.2 Å². The van der Waals surface area contributed by atoms with Gasteiger partial charge in [-0.3, -0.25) is 39.1 Å². The molecule has 0 unspecified atom stereocenters. The fourth-order valence-electron chi connectivity index (χ4n) is 9.79. The highest BCUT2D eigenvalue weighted by Gasteiger charge is 2.49. The molecule has 0 spiro atoms. The number of imide groups is 2. The number of nitrogens with zero attached hydrogens (tertiary/aromatic N) is 8. The number of nitriles is 1. The van der Waals surface area contributed by atoms with Crippen LogP contribution in [-0.4, -0.2) is 101 Å². The molecule has 4 aliphatic heterocycles. The molecule has 0 radical (unpaired) electrons. The van der Waals surface area contributed by atoms with E-state index in [9.17, 15) is 24.4 Å². The molecule has 18 heteroatoms. The van der Waals surface area contributed by atoms with Gasteiger partial charge < -0.3 is 19.1 Å². The van der Waals surface area contributed by atoms with Gasteiger partial charge in [0.15, 0.2) is 17.3 Å². The average molecular weight is 902 g/mol. The lowest BCUT2D eigenvalue weighted by Crippen LogP contribution is -2.52. The minimum atomic E-state index is -2.89. The van der Waals surface area contributed by atoms with Crippen molar-refractivity contribution in [3.05, 3.63) is 95.2 Å². The number of nitrogens with one attached hydrogen (secondary N) is 1. The number of aryl methyl sites for hydroxylation is 1. The molecule has 2 aromatic heterocycles. The highest BCUT2D eigenvalue weighted by Crippen LogP contribution is 2.44. The lowest BCUT2D eigenvalue weighted by atomic mass is 9.76. The fourth-order valence-corrected chi connectivity index (χ4v) is 9.79. The van der Waals surface area contributed by atoms with Gasteiger partial charge in [-0.2, -0.15) is 10.4 Å². The summed E-state index contributed by atoms with van der Waals surface area (Å²) in [6, 6.07) is 20.2. The van der Waals surface area contributed by atoms with Gasteiger partial charge in [-0.05, 0) is 92.2 Å². The third-order valence-corrected chi connectivity index (χ3v) is 13.1.